The summed E-state index contributed by atoms with van der Waals surface area (Å²) in [6.07, 6.45) is 13.1. The third kappa shape index (κ3) is 3.98. The number of hydrogen-bond donors (Lipinski definition) is 1. The van der Waals surface area contributed by atoms with Crippen LogP contribution in [0.5, 0.6) is 0 Å². The minimum absolute atomic E-state index is 0.00365. The molecular weight excluding hydrogens is 404 g/mol. The number of nitrogens with two attached hydrogens (primary N) is 1. The average Bonchev–Trinajstić information content (AvgIpc) is 3.14. The highest BCUT2D eigenvalue weighted by atomic mass is 32.1. The molecule has 1 unspecified atom stereocenters. The van der Waals surface area contributed by atoms with Gasteiger partial charge in [-0.25, -0.2) is 4.98 Å². The number of fused-ring (bicyclic) bond motifs is 2. The number of nitrogens with zero attached hydrogens (tertiary/aromatic N) is 3. The van der Waals surface area contributed by atoms with Crippen LogP contribution in [0.2, 0.25) is 0 Å². The Bertz CT molecular complexity index is 1150. The zero-order chi connectivity index (χ0) is 21.5. The number of allylic oxidation sites excluding steroid dienone is 4. The number of thiazole rings is 1. The Morgan fingerprint density at radius 1 is 1.16 bits per heavy atom. The van der Waals surface area contributed by atoms with Crippen LogP contribution in [0.25, 0.3) is 15.8 Å². The van der Waals surface area contributed by atoms with E-state index in [-0.39, 0.29) is 17.9 Å². The van der Waals surface area contributed by atoms with Crippen LogP contribution in [0.15, 0.2) is 60.1 Å². The SMILES string of the molecule is Cc1nc2ccc(C3=CC(=O)N4C=C(N5CCC(N)CC5)C=CC4=CCC3C)cc2s1. The molecule has 0 radical (unpaired) electrons. The second-order valence-electron chi connectivity index (χ2n) is 8.70. The van der Waals surface area contributed by atoms with Crippen LogP contribution >= 0.6 is 11.3 Å². The second kappa shape index (κ2) is 8.09. The molecule has 1 aromatic carbocycles. The number of amides is 1. The minimum atomic E-state index is 0.00365. The minimum Gasteiger partial charge on any atom is -0.370 e. The second-order valence-corrected chi connectivity index (χ2v) is 9.94. The van der Waals surface area contributed by atoms with Gasteiger partial charge in [0.05, 0.1) is 20.9 Å². The molecule has 0 aliphatic carbocycles. The maximum atomic E-state index is 13.4. The molecule has 0 spiro atoms. The molecule has 31 heavy (non-hydrogen) atoms. The van der Waals surface area contributed by atoms with Gasteiger partial charge in [0.25, 0.3) is 5.91 Å². The molecule has 5 rings (SSSR count). The van der Waals surface area contributed by atoms with Crippen molar-refractivity contribution in [2.75, 3.05) is 13.1 Å². The van der Waals surface area contributed by atoms with Gasteiger partial charge in [-0.05, 0) is 67.5 Å². The van der Waals surface area contributed by atoms with Crippen LogP contribution in [0.3, 0.4) is 0 Å². The molecular formula is C25H28N4OS. The summed E-state index contributed by atoms with van der Waals surface area (Å²) in [7, 11) is 0. The average molecular weight is 433 g/mol. The Morgan fingerprint density at radius 2 is 1.94 bits per heavy atom. The first-order valence-electron chi connectivity index (χ1n) is 11.0. The normalized spacial score (nSPS) is 22.6. The maximum absolute atomic E-state index is 13.4. The van der Waals surface area contributed by atoms with Crippen molar-refractivity contribution < 1.29 is 4.79 Å². The van der Waals surface area contributed by atoms with Gasteiger partial charge in [0.2, 0.25) is 0 Å². The van der Waals surface area contributed by atoms with Gasteiger partial charge in [-0.2, -0.15) is 0 Å². The van der Waals surface area contributed by atoms with E-state index in [1.54, 1.807) is 16.2 Å². The number of carbonyl (C=O) groups excluding carboxylic acids is 1. The standard InChI is InChI=1S/C25H28N4OS/c1-16-3-5-20-6-7-21(28-11-9-19(26)10-12-28)15-29(20)25(30)14-22(16)18-4-8-23-24(13-18)31-17(2)27-23/h4-8,13-16,19H,3,9-12,26H2,1-2H3. The van der Waals surface area contributed by atoms with Crippen LogP contribution in [-0.4, -0.2) is 39.8 Å². The third-order valence-corrected chi connectivity index (χ3v) is 7.36. The van der Waals surface area contributed by atoms with Crippen LogP contribution < -0.4 is 5.73 Å². The lowest BCUT2D eigenvalue weighted by Crippen LogP contribution is -2.40. The molecule has 3 aliphatic rings. The molecule has 1 fully saturated rings. The topological polar surface area (TPSA) is 62.5 Å². The molecule has 2 N–H and O–H groups in total. The first kappa shape index (κ1) is 20.2. The lowest BCUT2D eigenvalue weighted by molar-refractivity contribution is -0.122. The van der Waals surface area contributed by atoms with E-state index in [4.69, 9.17) is 5.73 Å². The van der Waals surface area contributed by atoms with Crippen LogP contribution in [-0.2, 0) is 4.79 Å². The fourth-order valence-corrected chi connectivity index (χ4v) is 5.43. The van der Waals surface area contributed by atoms with Crippen molar-refractivity contribution in [2.24, 2.45) is 11.7 Å². The molecule has 6 heteroatoms. The lowest BCUT2D eigenvalue weighted by Gasteiger charge is -2.35. The number of piperidine rings is 1. The Hall–Kier alpha value is -2.70. The highest BCUT2D eigenvalue weighted by molar-refractivity contribution is 7.18. The van der Waals surface area contributed by atoms with Gasteiger partial charge in [-0.1, -0.05) is 19.1 Å². The quantitative estimate of drug-likeness (QED) is 0.755. The smallest absolute Gasteiger partial charge is 0.255 e. The highest BCUT2D eigenvalue weighted by Gasteiger charge is 2.25. The van der Waals surface area contributed by atoms with E-state index in [0.29, 0.717) is 0 Å². The van der Waals surface area contributed by atoms with Gasteiger partial charge in [0.15, 0.2) is 0 Å². The van der Waals surface area contributed by atoms with Crippen LogP contribution in [0.1, 0.15) is 36.8 Å². The van der Waals surface area contributed by atoms with E-state index in [9.17, 15) is 4.79 Å². The molecule has 0 saturated carbocycles. The van der Waals surface area contributed by atoms with Crippen molar-refractivity contribution in [3.63, 3.8) is 0 Å². The third-order valence-electron chi connectivity index (χ3n) is 6.43. The van der Waals surface area contributed by atoms with Gasteiger partial charge < -0.3 is 10.6 Å². The summed E-state index contributed by atoms with van der Waals surface area (Å²) in [5, 5.41) is 1.06. The van der Waals surface area contributed by atoms with Crippen molar-refractivity contribution in [2.45, 2.75) is 39.2 Å². The fraction of sp³-hybridized carbons (Fsp3) is 0.360. The Balaban J connectivity index is 1.46. The summed E-state index contributed by atoms with van der Waals surface area (Å²) in [5.74, 6) is 0.261. The van der Waals surface area contributed by atoms with E-state index in [0.717, 1.165) is 65.4 Å². The highest BCUT2D eigenvalue weighted by Crippen LogP contribution is 2.34. The van der Waals surface area contributed by atoms with Crippen LogP contribution in [0, 0.1) is 12.8 Å². The van der Waals surface area contributed by atoms with Crippen molar-refractivity contribution in [3.05, 3.63) is 70.7 Å². The van der Waals surface area contributed by atoms with Crippen LogP contribution in [0.4, 0.5) is 0 Å². The first-order valence-corrected chi connectivity index (χ1v) is 11.8. The summed E-state index contributed by atoms with van der Waals surface area (Å²) < 4.78 is 1.17. The van der Waals surface area contributed by atoms with E-state index in [1.165, 1.54) is 4.70 Å². The van der Waals surface area contributed by atoms with Gasteiger partial charge in [0, 0.05) is 37.1 Å². The molecule has 1 atom stereocenters. The van der Waals surface area contributed by atoms with E-state index in [2.05, 4.69) is 53.2 Å². The first-order chi connectivity index (χ1) is 15.0. The van der Waals surface area contributed by atoms with Crippen molar-refractivity contribution in [1.29, 1.82) is 0 Å². The molecule has 3 aliphatic heterocycles. The van der Waals surface area contributed by atoms with Crippen molar-refractivity contribution in [3.8, 4) is 0 Å². The number of rotatable bonds is 2. The zero-order valence-corrected chi connectivity index (χ0v) is 18.9. The summed E-state index contributed by atoms with van der Waals surface area (Å²) in [4.78, 5) is 22.1. The Labute approximate surface area is 187 Å². The zero-order valence-electron chi connectivity index (χ0n) is 18.0. The number of carbonyl (C=O) groups is 1. The molecule has 1 aromatic heterocycles. The monoisotopic (exact) mass is 432 g/mol. The summed E-state index contributed by atoms with van der Waals surface area (Å²) in [6.45, 7) is 6.09. The van der Waals surface area contributed by atoms with Gasteiger partial charge in [-0.15, -0.1) is 11.3 Å². The van der Waals surface area contributed by atoms with Gasteiger partial charge in [0.1, 0.15) is 0 Å². The largest absolute Gasteiger partial charge is 0.370 e. The predicted molar refractivity (Wildman–Crippen MR) is 127 cm³/mol. The number of benzene rings is 1. The summed E-state index contributed by atoms with van der Waals surface area (Å²) in [6, 6.07) is 6.62. The van der Waals surface area contributed by atoms with Crippen molar-refractivity contribution >= 4 is 33.0 Å². The van der Waals surface area contributed by atoms with E-state index in [1.807, 2.05) is 19.2 Å². The van der Waals surface area contributed by atoms with Gasteiger partial charge in [-0.3, -0.25) is 9.69 Å². The lowest BCUT2D eigenvalue weighted by atomic mass is 9.89. The molecule has 5 nitrogen and oxygen atoms in total. The predicted octanol–water partition coefficient (Wildman–Crippen LogP) is 4.57. The number of likely N-dealkylation sites (tertiary alicyclic amines) is 1. The summed E-state index contributed by atoms with van der Waals surface area (Å²) >= 11 is 1.70. The molecule has 1 amide bonds. The molecule has 0 bridgehead atoms. The maximum Gasteiger partial charge on any atom is 0.255 e. The number of hydrogen-bond acceptors (Lipinski definition) is 5. The van der Waals surface area contributed by atoms with Gasteiger partial charge >= 0.3 is 0 Å². The van der Waals surface area contributed by atoms with Crippen molar-refractivity contribution in [1.82, 2.24) is 14.8 Å². The summed E-state index contributed by atoms with van der Waals surface area (Å²) in [5.41, 5.74) is 11.3. The Kier molecular flexibility index (Phi) is 5.28. The molecule has 4 heterocycles. The number of aryl methyl sites for hydroxylation is 1. The molecule has 2 aromatic rings. The molecule has 1 saturated heterocycles. The number of aromatic nitrogens is 1. The fourth-order valence-electron chi connectivity index (χ4n) is 4.56. The molecule has 160 valence electrons. The van der Waals surface area contributed by atoms with E-state index < -0.39 is 0 Å². The van der Waals surface area contributed by atoms with E-state index >= 15 is 0 Å². The Morgan fingerprint density at radius 3 is 2.74 bits per heavy atom.